The van der Waals surface area contributed by atoms with Crippen molar-refractivity contribution in [3.05, 3.63) is 84.8 Å². The first kappa shape index (κ1) is 17.0. The van der Waals surface area contributed by atoms with Gasteiger partial charge in [-0.05, 0) is 23.8 Å². The summed E-state index contributed by atoms with van der Waals surface area (Å²) in [7, 11) is 0. The third-order valence-electron chi connectivity index (χ3n) is 3.52. The highest BCUT2D eigenvalue weighted by atomic mass is 35.5. The minimum Gasteiger partial charge on any atom is -0.296 e. The molecule has 0 saturated heterocycles. The van der Waals surface area contributed by atoms with Crippen molar-refractivity contribution in [3.8, 4) is 0 Å². The standard InChI is InChI=1S/C16H10Cl3FN2O2/c17-11-4-2-6-13(20)10(11)8-22-14(21-24-16(22)23)7-9-3-1-5-12(18)15(9)19/h1-6H,7-8H2. The normalized spacial score (nSPS) is 11.0. The van der Waals surface area contributed by atoms with Crippen LogP contribution in [0.2, 0.25) is 15.1 Å². The lowest BCUT2D eigenvalue weighted by molar-refractivity contribution is 0.375. The van der Waals surface area contributed by atoms with E-state index in [-0.39, 0.29) is 23.6 Å². The Bertz CT molecular complexity index is 932. The summed E-state index contributed by atoms with van der Waals surface area (Å²) in [5.74, 6) is -0.923. The first-order chi connectivity index (χ1) is 11.5. The molecule has 1 aromatic heterocycles. The summed E-state index contributed by atoms with van der Waals surface area (Å²) < 4.78 is 19.9. The van der Waals surface area contributed by atoms with E-state index < -0.39 is 11.6 Å². The number of hydrogen-bond donors (Lipinski definition) is 0. The van der Waals surface area contributed by atoms with Crippen molar-refractivity contribution in [3.63, 3.8) is 0 Å². The number of rotatable bonds is 4. The number of benzene rings is 2. The molecule has 3 rings (SSSR count). The van der Waals surface area contributed by atoms with Crippen LogP contribution >= 0.6 is 34.8 Å². The van der Waals surface area contributed by atoms with E-state index in [1.807, 2.05) is 0 Å². The van der Waals surface area contributed by atoms with E-state index in [0.29, 0.717) is 21.4 Å². The molecule has 0 amide bonds. The second kappa shape index (κ2) is 6.97. The summed E-state index contributed by atoms with van der Waals surface area (Å²) in [6.45, 7) is -0.0959. The summed E-state index contributed by atoms with van der Waals surface area (Å²) in [5.41, 5.74) is 0.855. The Morgan fingerprint density at radius 2 is 1.79 bits per heavy atom. The lowest BCUT2D eigenvalue weighted by Crippen LogP contribution is -2.19. The van der Waals surface area contributed by atoms with Gasteiger partial charge < -0.3 is 0 Å². The maximum absolute atomic E-state index is 14.0. The molecule has 0 atom stereocenters. The van der Waals surface area contributed by atoms with Crippen molar-refractivity contribution < 1.29 is 8.91 Å². The topological polar surface area (TPSA) is 48.0 Å². The van der Waals surface area contributed by atoms with E-state index in [1.54, 1.807) is 24.3 Å². The zero-order valence-electron chi connectivity index (χ0n) is 12.1. The van der Waals surface area contributed by atoms with E-state index in [2.05, 4.69) is 5.16 Å². The molecule has 0 fully saturated rings. The van der Waals surface area contributed by atoms with Crippen LogP contribution in [0.4, 0.5) is 4.39 Å². The van der Waals surface area contributed by atoms with Crippen LogP contribution in [0, 0.1) is 5.82 Å². The van der Waals surface area contributed by atoms with E-state index in [1.165, 1.54) is 16.7 Å². The highest BCUT2D eigenvalue weighted by Gasteiger charge is 2.17. The van der Waals surface area contributed by atoms with Crippen LogP contribution in [-0.4, -0.2) is 9.72 Å². The molecule has 24 heavy (non-hydrogen) atoms. The number of nitrogens with zero attached hydrogens (tertiary/aromatic N) is 2. The quantitative estimate of drug-likeness (QED) is 0.658. The lowest BCUT2D eigenvalue weighted by Gasteiger charge is -2.09. The monoisotopic (exact) mass is 386 g/mol. The largest absolute Gasteiger partial charge is 0.441 e. The van der Waals surface area contributed by atoms with Gasteiger partial charge in [-0.1, -0.05) is 58.2 Å². The zero-order valence-corrected chi connectivity index (χ0v) is 14.4. The highest BCUT2D eigenvalue weighted by molar-refractivity contribution is 6.42. The average Bonchev–Trinajstić information content (AvgIpc) is 2.88. The number of halogens is 4. The predicted molar refractivity (Wildman–Crippen MR) is 90.5 cm³/mol. The van der Waals surface area contributed by atoms with Gasteiger partial charge in [-0.15, -0.1) is 0 Å². The summed E-state index contributed by atoms with van der Waals surface area (Å²) in [6.07, 6.45) is 0.206. The molecule has 0 saturated carbocycles. The predicted octanol–water partition coefficient (Wildman–Crippen LogP) is 4.57. The Balaban J connectivity index is 1.98. The molecule has 0 aliphatic rings. The molecule has 0 aliphatic carbocycles. The van der Waals surface area contributed by atoms with Gasteiger partial charge in [-0.2, -0.15) is 0 Å². The number of aromatic nitrogens is 2. The Kier molecular flexibility index (Phi) is 4.94. The van der Waals surface area contributed by atoms with Crippen LogP contribution in [0.3, 0.4) is 0 Å². The molecule has 0 radical (unpaired) electrons. The van der Waals surface area contributed by atoms with Crippen molar-refractivity contribution in [1.82, 2.24) is 9.72 Å². The fourth-order valence-corrected chi connectivity index (χ4v) is 2.89. The molecule has 0 unspecified atom stereocenters. The van der Waals surface area contributed by atoms with E-state index in [4.69, 9.17) is 39.3 Å². The molecule has 0 bridgehead atoms. The summed E-state index contributed by atoms with van der Waals surface area (Å²) in [6, 6.07) is 9.46. The summed E-state index contributed by atoms with van der Waals surface area (Å²) >= 11 is 18.2. The SMILES string of the molecule is O=c1onc(Cc2cccc(Cl)c2Cl)n1Cc1c(F)cccc1Cl. The molecule has 0 spiro atoms. The van der Waals surface area contributed by atoms with Gasteiger partial charge in [-0.3, -0.25) is 9.09 Å². The van der Waals surface area contributed by atoms with E-state index in [9.17, 15) is 9.18 Å². The fourth-order valence-electron chi connectivity index (χ4n) is 2.28. The van der Waals surface area contributed by atoms with Crippen LogP contribution < -0.4 is 5.76 Å². The highest BCUT2D eigenvalue weighted by Crippen LogP contribution is 2.27. The van der Waals surface area contributed by atoms with Gasteiger partial charge in [-0.25, -0.2) is 9.18 Å². The third-order valence-corrected chi connectivity index (χ3v) is 4.73. The van der Waals surface area contributed by atoms with Gasteiger partial charge in [0.05, 0.1) is 16.6 Å². The molecular formula is C16H10Cl3FN2O2. The van der Waals surface area contributed by atoms with Crippen LogP contribution in [0.25, 0.3) is 0 Å². The Morgan fingerprint density at radius 3 is 2.54 bits per heavy atom. The molecule has 3 aromatic rings. The maximum atomic E-state index is 14.0. The fraction of sp³-hybridized carbons (Fsp3) is 0.125. The van der Waals surface area contributed by atoms with Gasteiger partial charge in [0.15, 0.2) is 5.82 Å². The van der Waals surface area contributed by atoms with E-state index in [0.717, 1.165) is 0 Å². The van der Waals surface area contributed by atoms with Crippen molar-refractivity contribution in [2.24, 2.45) is 0 Å². The minimum atomic E-state index is -0.706. The first-order valence-corrected chi connectivity index (χ1v) is 8.02. The van der Waals surface area contributed by atoms with Gasteiger partial charge in [0.1, 0.15) is 5.82 Å². The molecule has 4 nitrogen and oxygen atoms in total. The van der Waals surface area contributed by atoms with E-state index >= 15 is 0 Å². The number of hydrogen-bond acceptors (Lipinski definition) is 3. The molecule has 124 valence electrons. The summed E-state index contributed by atoms with van der Waals surface area (Å²) in [5, 5.41) is 4.72. The second-order valence-corrected chi connectivity index (χ2v) is 6.23. The summed E-state index contributed by atoms with van der Waals surface area (Å²) in [4.78, 5) is 11.9. The second-order valence-electron chi connectivity index (χ2n) is 5.04. The molecule has 0 N–H and O–H groups in total. The average molecular weight is 388 g/mol. The molecule has 2 aromatic carbocycles. The lowest BCUT2D eigenvalue weighted by atomic mass is 10.1. The molecule has 1 heterocycles. The van der Waals surface area contributed by atoms with Crippen molar-refractivity contribution in [2.75, 3.05) is 0 Å². The van der Waals surface area contributed by atoms with Crippen LogP contribution in [0.15, 0.2) is 45.7 Å². The zero-order chi connectivity index (χ0) is 17.3. The third kappa shape index (κ3) is 3.34. The Hall–Kier alpha value is -1.82. The van der Waals surface area contributed by atoms with Crippen LogP contribution in [0.1, 0.15) is 17.0 Å². The van der Waals surface area contributed by atoms with Gasteiger partial charge in [0.25, 0.3) is 0 Å². The maximum Gasteiger partial charge on any atom is 0.441 e. The van der Waals surface area contributed by atoms with Crippen molar-refractivity contribution in [1.29, 1.82) is 0 Å². The first-order valence-electron chi connectivity index (χ1n) is 6.88. The molecule has 8 heteroatoms. The Labute approximate surface area is 151 Å². The van der Waals surface area contributed by atoms with Gasteiger partial charge in [0, 0.05) is 17.0 Å². The van der Waals surface area contributed by atoms with Crippen molar-refractivity contribution in [2.45, 2.75) is 13.0 Å². The molecule has 0 aliphatic heterocycles. The van der Waals surface area contributed by atoms with Crippen LogP contribution in [0.5, 0.6) is 0 Å². The smallest absolute Gasteiger partial charge is 0.296 e. The minimum absolute atomic E-state index is 0.0959. The van der Waals surface area contributed by atoms with Crippen LogP contribution in [-0.2, 0) is 13.0 Å². The Morgan fingerprint density at radius 1 is 1.08 bits per heavy atom. The molecular weight excluding hydrogens is 378 g/mol. The van der Waals surface area contributed by atoms with Gasteiger partial charge >= 0.3 is 5.76 Å². The van der Waals surface area contributed by atoms with Gasteiger partial charge in [0.2, 0.25) is 0 Å². The van der Waals surface area contributed by atoms with Crippen molar-refractivity contribution >= 4 is 34.8 Å².